The van der Waals surface area contributed by atoms with E-state index in [1.54, 1.807) is 6.07 Å². The van der Waals surface area contributed by atoms with E-state index in [2.05, 4.69) is 26.6 Å². The molecule has 1 aromatic carbocycles. The first-order valence-corrected chi connectivity index (χ1v) is 6.09. The van der Waals surface area contributed by atoms with Gasteiger partial charge in [0.15, 0.2) is 0 Å². The first-order chi connectivity index (χ1) is 8.00. The summed E-state index contributed by atoms with van der Waals surface area (Å²) in [5, 5.41) is 5.36. The molecule has 0 aliphatic heterocycles. The molecule has 0 fully saturated rings. The molecule has 17 heavy (non-hydrogen) atoms. The van der Waals surface area contributed by atoms with Crippen LogP contribution >= 0.6 is 15.9 Å². The summed E-state index contributed by atoms with van der Waals surface area (Å²) in [6.07, 6.45) is 0. The highest BCUT2D eigenvalue weighted by Gasteiger charge is 2.08. The van der Waals surface area contributed by atoms with Gasteiger partial charge in [0.05, 0.1) is 0 Å². The molecule has 92 valence electrons. The third-order valence-corrected chi connectivity index (χ3v) is 2.72. The molecule has 5 heteroatoms. The Morgan fingerprint density at radius 1 is 1.24 bits per heavy atom. The van der Waals surface area contributed by atoms with Crippen molar-refractivity contribution >= 4 is 27.7 Å². The predicted molar refractivity (Wildman–Crippen MR) is 69.9 cm³/mol. The molecule has 0 saturated heterocycles. The van der Waals surface area contributed by atoms with Gasteiger partial charge in [-0.25, -0.2) is 0 Å². The highest BCUT2D eigenvalue weighted by Crippen LogP contribution is 2.15. The van der Waals surface area contributed by atoms with Crippen molar-refractivity contribution in [3.05, 3.63) is 33.8 Å². The average Bonchev–Trinajstić information content (AvgIpc) is 2.27. The monoisotopic (exact) mass is 298 g/mol. The lowest BCUT2D eigenvalue weighted by Crippen LogP contribution is -2.33. The van der Waals surface area contributed by atoms with Crippen LogP contribution in [-0.4, -0.2) is 24.9 Å². The van der Waals surface area contributed by atoms with Crippen molar-refractivity contribution in [3.63, 3.8) is 0 Å². The predicted octanol–water partition coefficient (Wildman–Crippen LogP) is 1.62. The van der Waals surface area contributed by atoms with Gasteiger partial charge in [0.25, 0.3) is 5.91 Å². The zero-order chi connectivity index (χ0) is 12.8. The Hall–Kier alpha value is -1.36. The van der Waals surface area contributed by atoms with Crippen LogP contribution in [-0.2, 0) is 4.79 Å². The van der Waals surface area contributed by atoms with Crippen LogP contribution in [0.5, 0.6) is 0 Å². The Bertz CT molecular complexity index is 433. The van der Waals surface area contributed by atoms with E-state index >= 15 is 0 Å². The third kappa shape index (κ3) is 4.56. The number of benzene rings is 1. The van der Waals surface area contributed by atoms with Gasteiger partial charge >= 0.3 is 0 Å². The zero-order valence-electron chi connectivity index (χ0n) is 9.84. The maximum atomic E-state index is 11.8. The van der Waals surface area contributed by atoms with Gasteiger partial charge in [0.2, 0.25) is 5.91 Å². The van der Waals surface area contributed by atoms with Gasteiger partial charge in [-0.1, -0.05) is 22.0 Å². The maximum absolute atomic E-state index is 11.8. The molecule has 0 aliphatic carbocycles. The first-order valence-electron chi connectivity index (χ1n) is 5.29. The summed E-state index contributed by atoms with van der Waals surface area (Å²) in [6, 6.07) is 5.55. The second kappa shape index (κ2) is 6.39. The van der Waals surface area contributed by atoms with Crippen LogP contribution in [0, 0.1) is 6.92 Å². The largest absolute Gasteiger partial charge is 0.355 e. The molecule has 0 heterocycles. The smallest absolute Gasteiger partial charge is 0.251 e. The molecule has 0 unspecified atom stereocenters. The average molecular weight is 299 g/mol. The maximum Gasteiger partial charge on any atom is 0.251 e. The first kappa shape index (κ1) is 13.7. The summed E-state index contributed by atoms with van der Waals surface area (Å²) in [7, 11) is 0. The summed E-state index contributed by atoms with van der Waals surface area (Å²) in [5.41, 5.74) is 1.56. The fourth-order valence-corrected chi connectivity index (χ4v) is 1.71. The SMILES string of the molecule is CC(=O)NCCNC(=O)c1cc(Br)ccc1C. The van der Waals surface area contributed by atoms with Crippen molar-refractivity contribution < 1.29 is 9.59 Å². The molecule has 0 bridgehead atoms. The van der Waals surface area contributed by atoms with Crippen LogP contribution in [0.25, 0.3) is 0 Å². The lowest BCUT2D eigenvalue weighted by Gasteiger charge is -2.08. The lowest BCUT2D eigenvalue weighted by atomic mass is 10.1. The number of hydrogen-bond donors (Lipinski definition) is 2. The number of carbonyl (C=O) groups is 2. The van der Waals surface area contributed by atoms with Crippen molar-refractivity contribution in [1.82, 2.24) is 10.6 Å². The van der Waals surface area contributed by atoms with E-state index in [4.69, 9.17) is 0 Å². The fraction of sp³-hybridized carbons (Fsp3) is 0.333. The third-order valence-electron chi connectivity index (χ3n) is 2.23. The summed E-state index contributed by atoms with van der Waals surface area (Å²) in [6.45, 7) is 4.19. The van der Waals surface area contributed by atoms with E-state index in [9.17, 15) is 9.59 Å². The quantitative estimate of drug-likeness (QED) is 0.830. The Morgan fingerprint density at radius 3 is 2.53 bits per heavy atom. The normalized spacial score (nSPS) is 9.82. The van der Waals surface area contributed by atoms with Gasteiger partial charge in [0.1, 0.15) is 0 Å². The molecule has 4 nitrogen and oxygen atoms in total. The number of halogens is 1. The lowest BCUT2D eigenvalue weighted by molar-refractivity contribution is -0.118. The minimum absolute atomic E-state index is 0.0992. The van der Waals surface area contributed by atoms with Crippen LogP contribution in [0.2, 0.25) is 0 Å². The molecule has 1 rings (SSSR count). The van der Waals surface area contributed by atoms with Crippen molar-refractivity contribution in [2.45, 2.75) is 13.8 Å². The van der Waals surface area contributed by atoms with Crippen molar-refractivity contribution in [2.24, 2.45) is 0 Å². The topological polar surface area (TPSA) is 58.2 Å². The fourth-order valence-electron chi connectivity index (χ4n) is 1.35. The molecule has 0 atom stereocenters. The summed E-state index contributed by atoms with van der Waals surface area (Å²) >= 11 is 3.33. The number of rotatable bonds is 4. The van der Waals surface area contributed by atoms with Gasteiger partial charge in [-0.05, 0) is 24.6 Å². The minimum Gasteiger partial charge on any atom is -0.355 e. The molecule has 0 aliphatic rings. The van der Waals surface area contributed by atoms with Gasteiger partial charge in [-0.3, -0.25) is 9.59 Å². The van der Waals surface area contributed by atoms with Crippen LogP contribution in [0.4, 0.5) is 0 Å². The molecule has 1 aromatic rings. The van der Waals surface area contributed by atoms with Gasteiger partial charge in [0, 0.05) is 30.0 Å². The number of nitrogens with one attached hydrogen (secondary N) is 2. The van der Waals surface area contributed by atoms with Crippen molar-refractivity contribution in [1.29, 1.82) is 0 Å². The standard InChI is InChI=1S/C12H15BrN2O2/c1-8-3-4-10(13)7-11(8)12(17)15-6-5-14-9(2)16/h3-4,7H,5-6H2,1-2H3,(H,14,16)(H,15,17). The Balaban J connectivity index is 2.52. The van der Waals surface area contributed by atoms with E-state index in [0.717, 1.165) is 10.0 Å². The zero-order valence-corrected chi connectivity index (χ0v) is 11.4. The van der Waals surface area contributed by atoms with Crippen molar-refractivity contribution in [3.8, 4) is 0 Å². The Morgan fingerprint density at radius 2 is 1.88 bits per heavy atom. The van der Waals surface area contributed by atoms with E-state index in [-0.39, 0.29) is 11.8 Å². The van der Waals surface area contributed by atoms with Crippen LogP contribution in [0.3, 0.4) is 0 Å². The van der Waals surface area contributed by atoms with Gasteiger partial charge in [-0.15, -0.1) is 0 Å². The van der Waals surface area contributed by atoms with Gasteiger partial charge < -0.3 is 10.6 Å². The van der Waals surface area contributed by atoms with Gasteiger partial charge in [-0.2, -0.15) is 0 Å². The summed E-state index contributed by atoms with van der Waals surface area (Å²) in [4.78, 5) is 22.4. The highest BCUT2D eigenvalue weighted by atomic mass is 79.9. The van der Waals surface area contributed by atoms with Crippen LogP contribution in [0.15, 0.2) is 22.7 Å². The van der Waals surface area contributed by atoms with Crippen LogP contribution < -0.4 is 10.6 Å². The summed E-state index contributed by atoms with van der Waals surface area (Å²) < 4.78 is 0.870. The highest BCUT2D eigenvalue weighted by molar-refractivity contribution is 9.10. The molecule has 0 aromatic heterocycles. The van der Waals surface area contributed by atoms with E-state index in [0.29, 0.717) is 18.7 Å². The second-order valence-electron chi connectivity index (χ2n) is 3.70. The number of carbonyl (C=O) groups excluding carboxylic acids is 2. The minimum atomic E-state index is -0.130. The van der Waals surface area contributed by atoms with E-state index in [1.165, 1.54) is 6.92 Å². The molecule has 0 radical (unpaired) electrons. The van der Waals surface area contributed by atoms with E-state index < -0.39 is 0 Å². The molecule has 2 amide bonds. The molecule has 0 saturated carbocycles. The molecular formula is C12H15BrN2O2. The Labute approximate surface area is 109 Å². The Kier molecular flexibility index (Phi) is 5.15. The summed E-state index contributed by atoms with van der Waals surface area (Å²) in [5.74, 6) is -0.230. The number of hydrogen-bond acceptors (Lipinski definition) is 2. The van der Waals surface area contributed by atoms with Crippen LogP contribution in [0.1, 0.15) is 22.8 Å². The molecule has 2 N–H and O–H groups in total. The number of amides is 2. The molecular weight excluding hydrogens is 284 g/mol. The van der Waals surface area contributed by atoms with Crippen molar-refractivity contribution in [2.75, 3.05) is 13.1 Å². The second-order valence-corrected chi connectivity index (χ2v) is 4.61. The van der Waals surface area contributed by atoms with E-state index in [1.807, 2.05) is 19.1 Å². The number of aryl methyl sites for hydroxylation is 1. The molecule has 0 spiro atoms.